The first-order valence-electron chi connectivity index (χ1n) is 3.74. The van der Waals surface area contributed by atoms with Crippen LogP contribution >= 0.6 is 0 Å². The van der Waals surface area contributed by atoms with Gasteiger partial charge in [-0.15, -0.1) is 13.2 Å². The van der Waals surface area contributed by atoms with Gasteiger partial charge in [-0.2, -0.15) is 0 Å². The molecule has 1 aromatic rings. The van der Waals surface area contributed by atoms with Crippen LogP contribution in [0.15, 0.2) is 11.0 Å². The van der Waals surface area contributed by atoms with Crippen molar-refractivity contribution in [2.45, 2.75) is 12.9 Å². The number of nitrogens with one attached hydrogen (secondary N) is 1. The first-order valence-corrected chi connectivity index (χ1v) is 3.74. The number of aromatic hydroxyl groups is 1. The van der Waals surface area contributed by atoms with E-state index in [4.69, 9.17) is 10.8 Å². The Labute approximate surface area is 81.3 Å². The summed E-state index contributed by atoms with van der Waals surface area (Å²) in [7, 11) is 0. The third kappa shape index (κ3) is 2.62. The number of H-pyrrole nitrogens is 1. The van der Waals surface area contributed by atoms with E-state index >= 15 is 0 Å². The second-order valence-electron chi connectivity index (χ2n) is 2.56. The smallest absolute Gasteiger partial charge is 0.503 e. The minimum atomic E-state index is -4.99. The number of hydrogen-bond donors (Lipinski definition) is 3. The van der Waals surface area contributed by atoms with Crippen molar-refractivity contribution < 1.29 is 23.0 Å². The van der Waals surface area contributed by atoms with Crippen molar-refractivity contribution in [2.75, 3.05) is 0 Å². The number of alkyl halides is 3. The van der Waals surface area contributed by atoms with E-state index in [2.05, 4.69) is 4.74 Å². The Hall–Kier alpha value is -1.70. The van der Waals surface area contributed by atoms with Crippen molar-refractivity contribution in [1.29, 1.82) is 0 Å². The summed E-state index contributed by atoms with van der Waals surface area (Å²) in [5.41, 5.74) is 3.76. The van der Waals surface area contributed by atoms with Gasteiger partial charge in [0.1, 0.15) is 0 Å². The quantitative estimate of drug-likeness (QED) is 0.680. The second kappa shape index (κ2) is 3.81. The largest absolute Gasteiger partial charge is 0.573 e. The maximum atomic E-state index is 11.9. The lowest BCUT2D eigenvalue weighted by atomic mass is 10.2. The second-order valence-corrected chi connectivity index (χ2v) is 2.56. The van der Waals surface area contributed by atoms with Gasteiger partial charge in [0.05, 0.1) is 5.56 Å². The number of aromatic nitrogens is 1. The summed E-state index contributed by atoms with van der Waals surface area (Å²) in [6.07, 6.45) is -4.29. The molecule has 1 aromatic heterocycles. The lowest BCUT2D eigenvalue weighted by molar-refractivity contribution is -0.275. The Morgan fingerprint density at radius 1 is 1.53 bits per heavy atom. The number of halogens is 3. The first-order chi connectivity index (χ1) is 6.85. The Morgan fingerprint density at radius 3 is 2.60 bits per heavy atom. The molecule has 0 bridgehead atoms. The molecule has 0 saturated heterocycles. The summed E-state index contributed by atoms with van der Waals surface area (Å²) in [6, 6.07) is 0. The molecule has 0 aromatic carbocycles. The van der Waals surface area contributed by atoms with Crippen LogP contribution in [0.25, 0.3) is 0 Å². The van der Waals surface area contributed by atoms with Gasteiger partial charge in [-0.3, -0.25) is 4.79 Å². The SMILES string of the molecule is NCc1c(OC(F)(F)F)c(O)c[nH]c1=O. The first kappa shape index (κ1) is 11.4. The molecular formula is C7H7F3N2O3. The molecule has 0 unspecified atom stereocenters. The maximum absolute atomic E-state index is 11.9. The van der Waals surface area contributed by atoms with Gasteiger partial charge >= 0.3 is 6.36 Å². The molecule has 0 aliphatic heterocycles. The third-order valence-electron chi connectivity index (χ3n) is 1.54. The van der Waals surface area contributed by atoms with Crippen LogP contribution in [0.3, 0.4) is 0 Å². The molecule has 0 fully saturated rings. The predicted molar refractivity (Wildman–Crippen MR) is 43.3 cm³/mol. The molecule has 5 nitrogen and oxygen atoms in total. The summed E-state index contributed by atoms with van der Waals surface area (Å²) < 4.78 is 39.1. The minimum Gasteiger partial charge on any atom is -0.503 e. The van der Waals surface area contributed by atoms with Crippen molar-refractivity contribution in [1.82, 2.24) is 4.98 Å². The fraction of sp³-hybridized carbons (Fsp3) is 0.286. The summed E-state index contributed by atoms with van der Waals surface area (Å²) in [5, 5.41) is 9.06. The molecule has 0 radical (unpaired) electrons. The van der Waals surface area contributed by atoms with E-state index in [9.17, 15) is 18.0 Å². The van der Waals surface area contributed by atoms with E-state index in [0.717, 1.165) is 0 Å². The average Bonchev–Trinajstić information content (AvgIpc) is 2.10. The van der Waals surface area contributed by atoms with Gasteiger partial charge in [-0.25, -0.2) is 0 Å². The topological polar surface area (TPSA) is 88.3 Å². The summed E-state index contributed by atoms with van der Waals surface area (Å²) in [6.45, 7) is -0.477. The lowest BCUT2D eigenvalue weighted by Crippen LogP contribution is -2.23. The van der Waals surface area contributed by atoms with Crippen molar-refractivity contribution in [3.8, 4) is 11.5 Å². The molecule has 0 spiro atoms. The van der Waals surface area contributed by atoms with Crippen LogP contribution in [-0.2, 0) is 6.54 Å². The average molecular weight is 224 g/mol. The lowest BCUT2D eigenvalue weighted by Gasteiger charge is -2.12. The van der Waals surface area contributed by atoms with Gasteiger partial charge in [0.2, 0.25) is 0 Å². The normalized spacial score (nSPS) is 11.5. The van der Waals surface area contributed by atoms with Gasteiger partial charge in [-0.05, 0) is 0 Å². The standard InChI is InChI=1S/C7H7F3N2O3/c8-7(9,10)15-5-3(1-11)6(14)12-2-4(5)13/h2,13H,1,11H2,(H,12,14). The van der Waals surface area contributed by atoms with Crippen molar-refractivity contribution >= 4 is 0 Å². The van der Waals surface area contributed by atoms with E-state index in [1.165, 1.54) is 0 Å². The molecule has 0 atom stereocenters. The Bertz CT molecular complexity index is 413. The van der Waals surface area contributed by atoms with Crippen molar-refractivity contribution in [3.05, 3.63) is 22.1 Å². The molecule has 1 heterocycles. The number of rotatable bonds is 2. The molecule has 0 amide bonds. The van der Waals surface area contributed by atoms with Crippen LogP contribution in [0, 0.1) is 0 Å². The predicted octanol–water partition coefficient (Wildman–Crippen LogP) is 0.438. The molecule has 1 rings (SSSR count). The highest BCUT2D eigenvalue weighted by Gasteiger charge is 2.34. The monoisotopic (exact) mass is 224 g/mol. The van der Waals surface area contributed by atoms with Gasteiger partial charge in [-0.1, -0.05) is 0 Å². The van der Waals surface area contributed by atoms with Gasteiger partial charge in [0.15, 0.2) is 11.5 Å². The highest BCUT2D eigenvalue weighted by atomic mass is 19.4. The van der Waals surface area contributed by atoms with Crippen molar-refractivity contribution in [2.24, 2.45) is 5.73 Å². The van der Waals surface area contributed by atoms with Crippen LogP contribution in [0.2, 0.25) is 0 Å². The Kier molecular flexibility index (Phi) is 2.89. The number of ether oxygens (including phenoxy) is 1. The number of pyridine rings is 1. The van der Waals surface area contributed by atoms with Crippen LogP contribution in [0.1, 0.15) is 5.56 Å². The van der Waals surface area contributed by atoms with Crippen LogP contribution in [-0.4, -0.2) is 16.5 Å². The van der Waals surface area contributed by atoms with Crippen LogP contribution in [0.5, 0.6) is 11.5 Å². The Balaban J connectivity index is 3.26. The minimum absolute atomic E-state index is 0.465. The van der Waals surface area contributed by atoms with Crippen LogP contribution < -0.4 is 16.0 Å². The van der Waals surface area contributed by atoms with Gasteiger partial charge in [0.25, 0.3) is 5.56 Å². The van der Waals surface area contributed by atoms with E-state index in [1.54, 1.807) is 0 Å². The zero-order valence-corrected chi connectivity index (χ0v) is 7.26. The van der Waals surface area contributed by atoms with Gasteiger partial charge < -0.3 is 20.6 Å². The summed E-state index contributed by atoms with van der Waals surface area (Å²) >= 11 is 0. The van der Waals surface area contributed by atoms with Crippen LogP contribution in [0.4, 0.5) is 13.2 Å². The molecule has 0 saturated carbocycles. The van der Waals surface area contributed by atoms with Crippen molar-refractivity contribution in [3.63, 3.8) is 0 Å². The zero-order valence-electron chi connectivity index (χ0n) is 7.26. The molecule has 84 valence electrons. The molecule has 0 aliphatic carbocycles. The van der Waals surface area contributed by atoms with E-state index in [1.807, 2.05) is 4.98 Å². The molecule has 15 heavy (non-hydrogen) atoms. The molecule has 0 aliphatic rings. The molecule has 8 heteroatoms. The van der Waals surface area contributed by atoms with Gasteiger partial charge in [0, 0.05) is 12.7 Å². The fourth-order valence-corrected chi connectivity index (χ4v) is 0.959. The Morgan fingerprint density at radius 2 is 2.13 bits per heavy atom. The summed E-state index contributed by atoms with van der Waals surface area (Å²) in [5.74, 6) is -1.79. The zero-order chi connectivity index (χ0) is 11.6. The van der Waals surface area contributed by atoms with E-state index < -0.39 is 35.5 Å². The highest BCUT2D eigenvalue weighted by Crippen LogP contribution is 2.31. The fourth-order valence-electron chi connectivity index (χ4n) is 0.959. The van der Waals surface area contributed by atoms with E-state index in [-0.39, 0.29) is 0 Å². The number of hydrogen-bond acceptors (Lipinski definition) is 4. The molecule has 4 N–H and O–H groups in total. The molecular weight excluding hydrogens is 217 g/mol. The van der Waals surface area contributed by atoms with E-state index in [0.29, 0.717) is 6.20 Å². The summed E-state index contributed by atoms with van der Waals surface area (Å²) in [4.78, 5) is 13.0. The maximum Gasteiger partial charge on any atom is 0.573 e. The highest BCUT2D eigenvalue weighted by molar-refractivity contribution is 5.42. The number of nitrogens with two attached hydrogens (primary N) is 1. The third-order valence-corrected chi connectivity index (χ3v) is 1.54. The number of aromatic amines is 1.